The van der Waals surface area contributed by atoms with Crippen LogP contribution in [0.3, 0.4) is 0 Å². The van der Waals surface area contributed by atoms with E-state index in [9.17, 15) is 9.59 Å². The van der Waals surface area contributed by atoms with E-state index < -0.39 is 0 Å². The van der Waals surface area contributed by atoms with Gasteiger partial charge in [-0.2, -0.15) is 0 Å². The monoisotopic (exact) mass is 348 g/mol. The molecule has 1 aliphatic heterocycles. The highest BCUT2D eigenvalue weighted by Gasteiger charge is 2.32. The maximum atomic E-state index is 12.4. The summed E-state index contributed by atoms with van der Waals surface area (Å²) in [6, 6.07) is 2.22. The van der Waals surface area contributed by atoms with Crippen molar-refractivity contribution in [2.24, 2.45) is 0 Å². The molecule has 1 aromatic heterocycles. The van der Waals surface area contributed by atoms with Crippen molar-refractivity contribution in [1.29, 1.82) is 0 Å². The van der Waals surface area contributed by atoms with Crippen LogP contribution in [0.4, 0.5) is 0 Å². The SMILES string of the molecule is Cc1ccnc(SCC(=O)N2CCN(C3CCCCC3)C(=O)C2)n1. The van der Waals surface area contributed by atoms with Crippen LogP contribution >= 0.6 is 11.8 Å². The van der Waals surface area contributed by atoms with Crippen LogP contribution in [-0.4, -0.2) is 63.0 Å². The summed E-state index contributed by atoms with van der Waals surface area (Å²) in [7, 11) is 0. The molecule has 7 heteroatoms. The molecule has 0 atom stereocenters. The average molecular weight is 348 g/mol. The number of aromatic nitrogens is 2. The fourth-order valence-corrected chi connectivity index (χ4v) is 4.17. The largest absolute Gasteiger partial charge is 0.336 e. The zero-order valence-corrected chi connectivity index (χ0v) is 14.9. The molecule has 0 spiro atoms. The highest BCUT2D eigenvalue weighted by atomic mass is 32.2. The van der Waals surface area contributed by atoms with Gasteiger partial charge in [-0.25, -0.2) is 9.97 Å². The Kier molecular flexibility index (Phi) is 5.71. The minimum atomic E-state index is -0.0123. The first-order valence-corrected chi connectivity index (χ1v) is 9.62. The molecule has 1 saturated carbocycles. The molecule has 6 nitrogen and oxygen atoms in total. The number of rotatable bonds is 4. The number of nitrogens with zero attached hydrogens (tertiary/aromatic N) is 4. The molecule has 2 heterocycles. The molecule has 1 saturated heterocycles. The summed E-state index contributed by atoms with van der Waals surface area (Å²) in [5.74, 6) is 0.361. The van der Waals surface area contributed by atoms with Crippen molar-refractivity contribution >= 4 is 23.6 Å². The third kappa shape index (κ3) is 4.26. The molecule has 0 N–H and O–H groups in total. The Morgan fingerprint density at radius 3 is 2.79 bits per heavy atom. The first-order chi connectivity index (χ1) is 11.6. The second-order valence-electron chi connectivity index (χ2n) is 6.46. The van der Waals surface area contributed by atoms with Gasteiger partial charge in [-0.1, -0.05) is 31.0 Å². The molecule has 2 amide bonds. The first-order valence-electron chi connectivity index (χ1n) is 8.63. The standard InChI is InChI=1S/C17H24N4O2S/c1-13-7-8-18-17(19-13)24-12-16(23)20-9-10-21(15(22)11-20)14-5-3-2-4-6-14/h7-8,14H,2-6,9-12H2,1H3. The lowest BCUT2D eigenvalue weighted by molar-refractivity contribution is -0.146. The van der Waals surface area contributed by atoms with Crippen molar-refractivity contribution in [3.05, 3.63) is 18.0 Å². The van der Waals surface area contributed by atoms with Crippen LogP contribution in [0, 0.1) is 6.92 Å². The van der Waals surface area contributed by atoms with Crippen molar-refractivity contribution in [3.63, 3.8) is 0 Å². The molecular formula is C17H24N4O2S. The van der Waals surface area contributed by atoms with Gasteiger partial charge in [-0.15, -0.1) is 0 Å². The molecule has 3 rings (SSSR count). The summed E-state index contributed by atoms with van der Waals surface area (Å²) in [5, 5.41) is 0.607. The zero-order valence-electron chi connectivity index (χ0n) is 14.1. The van der Waals surface area contributed by atoms with Crippen molar-refractivity contribution < 1.29 is 9.59 Å². The third-order valence-electron chi connectivity index (χ3n) is 4.72. The van der Waals surface area contributed by atoms with Crippen LogP contribution in [0.15, 0.2) is 17.4 Å². The number of thioether (sulfide) groups is 1. The van der Waals surface area contributed by atoms with E-state index in [-0.39, 0.29) is 24.1 Å². The topological polar surface area (TPSA) is 66.4 Å². The molecule has 0 aromatic carbocycles. The smallest absolute Gasteiger partial charge is 0.242 e. The van der Waals surface area contributed by atoms with E-state index >= 15 is 0 Å². The van der Waals surface area contributed by atoms with E-state index in [2.05, 4.69) is 9.97 Å². The molecule has 2 fully saturated rings. The van der Waals surface area contributed by atoms with Crippen molar-refractivity contribution in [2.75, 3.05) is 25.4 Å². The molecule has 0 unspecified atom stereocenters. The molecule has 130 valence electrons. The van der Waals surface area contributed by atoms with Gasteiger partial charge >= 0.3 is 0 Å². The summed E-state index contributed by atoms with van der Waals surface area (Å²) in [6.07, 6.45) is 7.62. The molecular weight excluding hydrogens is 324 g/mol. The Bertz CT molecular complexity index is 604. The number of piperazine rings is 1. The van der Waals surface area contributed by atoms with Gasteiger partial charge in [0.05, 0.1) is 12.3 Å². The summed E-state index contributed by atoms with van der Waals surface area (Å²) in [6.45, 7) is 3.42. The Labute approximate surface area is 147 Å². The van der Waals surface area contributed by atoms with Crippen molar-refractivity contribution in [2.45, 2.75) is 50.2 Å². The van der Waals surface area contributed by atoms with Gasteiger partial charge in [-0.05, 0) is 25.8 Å². The summed E-state index contributed by atoms with van der Waals surface area (Å²) < 4.78 is 0. The molecule has 2 aliphatic rings. The molecule has 24 heavy (non-hydrogen) atoms. The highest BCUT2D eigenvalue weighted by Crippen LogP contribution is 2.24. The average Bonchev–Trinajstić information content (AvgIpc) is 2.60. The van der Waals surface area contributed by atoms with Crippen molar-refractivity contribution in [1.82, 2.24) is 19.8 Å². The van der Waals surface area contributed by atoms with Crippen LogP contribution < -0.4 is 0 Å². The molecule has 1 aromatic rings. The lowest BCUT2D eigenvalue weighted by Gasteiger charge is -2.40. The predicted octanol–water partition coefficient (Wildman–Crippen LogP) is 1.88. The van der Waals surface area contributed by atoms with Crippen LogP contribution in [0.2, 0.25) is 0 Å². The minimum Gasteiger partial charge on any atom is -0.336 e. The molecule has 0 radical (unpaired) electrons. The number of amides is 2. The van der Waals surface area contributed by atoms with E-state index in [1.807, 2.05) is 17.9 Å². The first kappa shape index (κ1) is 17.2. The number of hydrogen-bond acceptors (Lipinski definition) is 5. The van der Waals surface area contributed by atoms with Crippen molar-refractivity contribution in [3.8, 4) is 0 Å². The highest BCUT2D eigenvalue weighted by molar-refractivity contribution is 7.99. The normalized spacial score (nSPS) is 19.6. The Morgan fingerprint density at radius 2 is 2.08 bits per heavy atom. The minimum absolute atomic E-state index is 0.0123. The fraction of sp³-hybridized carbons (Fsp3) is 0.647. The number of carbonyl (C=O) groups excluding carboxylic acids is 2. The van der Waals surface area contributed by atoms with E-state index in [1.54, 1.807) is 11.1 Å². The van der Waals surface area contributed by atoms with E-state index in [0.29, 0.717) is 24.3 Å². The van der Waals surface area contributed by atoms with Crippen LogP contribution in [-0.2, 0) is 9.59 Å². The maximum absolute atomic E-state index is 12.4. The number of carbonyl (C=O) groups is 2. The van der Waals surface area contributed by atoms with Gasteiger partial charge in [0.15, 0.2) is 5.16 Å². The third-order valence-corrected chi connectivity index (χ3v) is 5.57. The quantitative estimate of drug-likeness (QED) is 0.614. The van der Waals surface area contributed by atoms with E-state index in [4.69, 9.17) is 0 Å². The lowest BCUT2D eigenvalue weighted by atomic mass is 9.93. The van der Waals surface area contributed by atoms with Crippen LogP contribution in [0.5, 0.6) is 0 Å². The molecule has 0 bridgehead atoms. The van der Waals surface area contributed by atoms with Gasteiger partial charge < -0.3 is 9.80 Å². The summed E-state index contributed by atoms with van der Waals surface area (Å²) >= 11 is 1.33. The van der Waals surface area contributed by atoms with Crippen LogP contribution in [0.1, 0.15) is 37.8 Å². The second kappa shape index (κ2) is 7.96. The Hall–Kier alpha value is -1.63. The summed E-state index contributed by atoms with van der Waals surface area (Å²) in [4.78, 5) is 36.9. The zero-order chi connectivity index (χ0) is 16.9. The molecule has 1 aliphatic carbocycles. The van der Waals surface area contributed by atoms with E-state index in [0.717, 1.165) is 18.5 Å². The maximum Gasteiger partial charge on any atom is 0.242 e. The number of hydrogen-bond donors (Lipinski definition) is 0. The van der Waals surface area contributed by atoms with Gasteiger partial charge in [-0.3, -0.25) is 9.59 Å². The predicted molar refractivity (Wildman–Crippen MR) is 92.7 cm³/mol. The Balaban J connectivity index is 1.49. The second-order valence-corrected chi connectivity index (χ2v) is 7.41. The van der Waals surface area contributed by atoms with Gasteiger partial charge in [0.2, 0.25) is 11.8 Å². The fourth-order valence-electron chi connectivity index (χ4n) is 3.39. The number of aryl methyl sites for hydroxylation is 1. The van der Waals surface area contributed by atoms with Crippen LogP contribution in [0.25, 0.3) is 0 Å². The lowest BCUT2D eigenvalue weighted by Crippen LogP contribution is -2.56. The van der Waals surface area contributed by atoms with Gasteiger partial charge in [0.1, 0.15) is 0 Å². The van der Waals surface area contributed by atoms with Gasteiger partial charge in [0, 0.05) is 31.0 Å². The van der Waals surface area contributed by atoms with E-state index in [1.165, 1.54) is 31.0 Å². The Morgan fingerprint density at radius 1 is 1.29 bits per heavy atom. The summed E-state index contributed by atoms with van der Waals surface area (Å²) in [5.41, 5.74) is 0.885. The van der Waals surface area contributed by atoms with Gasteiger partial charge in [0.25, 0.3) is 0 Å².